The summed E-state index contributed by atoms with van der Waals surface area (Å²) in [6, 6.07) is 7.94. The maximum absolute atomic E-state index is 10.2. The smallest absolute Gasteiger partial charge is 0.0830 e. The summed E-state index contributed by atoms with van der Waals surface area (Å²) in [6.07, 6.45) is 1.95. The van der Waals surface area contributed by atoms with Crippen molar-refractivity contribution in [3.63, 3.8) is 0 Å². The van der Waals surface area contributed by atoms with E-state index in [4.69, 9.17) is 0 Å². The van der Waals surface area contributed by atoms with Crippen LogP contribution in [0.3, 0.4) is 0 Å². The molecule has 0 amide bonds. The summed E-state index contributed by atoms with van der Waals surface area (Å²) in [5.74, 6) is 0.361. The van der Waals surface area contributed by atoms with Crippen LogP contribution in [0.15, 0.2) is 28.7 Å². The second-order valence-electron chi connectivity index (χ2n) is 4.10. The summed E-state index contributed by atoms with van der Waals surface area (Å²) < 4.78 is 1.06. The van der Waals surface area contributed by atoms with Crippen LogP contribution in [0.25, 0.3) is 0 Å². The molecule has 0 aromatic heterocycles. The fourth-order valence-corrected chi connectivity index (χ4v) is 2.34. The number of halogens is 1. The molecule has 0 spiro atoms. The first-order valence-electron chi connectivity index (χ1n) is 5.41. The summed E-state index contributed by atoms with van der Waals surface area (Å²) >= 11 is 3.40. The molecule has 1 aliphatic heterocycles. The zero-order valence-corrected chi connectivity index (χ0v) is 10.2. The molecule has 15 heavy (non-hydrogen) atoms. The average Bonchev–Trinajstić information content (AvgIpc) is 2.30. The van der Waals surface area contributed by atoms with E-state index in [0.717, 1.165) is 36.0 Å². The fourth-order valence-electron chi connectivity index (χ4n) is 2.08. The molecule has 0 radical (unpaired) electrons. The predicted molar refractivity (Wildman–Crippen MR) is 64.7 cm³/mol. The highest BCUT2D eigenvalue weighted by molar-refractivity contribution is 9.10. The van der Waals surface area contributed by atoms with Crippen molar-refractivity contribution in [1.29, 1.82) is 0 Å². The van der Waals surface area contributed by atoms with Crippen molar-refractivity contribution in [3.8, 4) is 0 Å². The molecule has 0 saturated carbocycles. The van der Waals surface area contributed by atoms with E-state index in [2.05, 4.69) is 21.2 Å². The lowest BCUT2D eigenvalue weighted by atomic mass is 9.89. The molecule has 3 heteroatoms. The van der Waals surface area contributed by atoms with Crippen LogP contribution in [0.1, 0.15) is 24.5 Å². The molecule has 0 bridgehead atoms. The average molecular weight is 270 g/mol. The van der Waals surface area contributed by atoms with Gasteiger partial charge in [0.25, 0.3) is 0 Å². The minimum absolute atomic E-state index is 0.328. The van der Waals surface area contributed by atoms with Gasteiger partial charge in [-0.2, -0.15) is 0 Å². The van der Waals surface area contributed by atoms with E-state index >= 15 is 0 Å². The lowest BCUT2D eigenvalue weighted by Gasteiger charge is -2.27. The predicted octanol–water partition coefficient (Wildman–Crippen LogP) is 2.48. The fraction of sp³-hybridized carbons (Fsp3) is 0.500. The highest BCUT2D eigenvalue weighted by atomic mass is 79.9. The van der Waals surface area contributed by atoms with Gasteiger partial charge in [0.05, 0.1) is 6.10 Å². The van der Waals surface area contributed by atoms with Crippen molar-refractivity contribution >= 4 is 15.9 Å². The molecule has 1 aromatic carbocycles. The number of rotatable bonds is 2. The quantitative estimate of drug-likeness (QED) is 0.865. The second-order valence-corrected chi connectivity index (χ2v) is 5.02. The van der Waals surface area contributed by atoms with Crippen molar-refractivity contribution < 1.29 is 5.11 Å². The molecular formula is C12H16BrNO. The first-order chi connectivity index (χ1) is 7.27. The number of aliphatic hydroxyl groups is 1. The molecule has 0 aliphatic carbocycles. The van der Waals surface area contributed by atoms with E-state index in [1.54, 1.807) is 0 Å². The molecule has 1 aliphatic rings. The summed E-state index contributed by atoms with van der Waals surface area (Å²) in [5, 5.41) is 13.5. The Balaban J connectivity index is 2.05. The van der Waals surface area contributed by atoms with E-state index < -0.39 is 0 Å². The first-order valence-corrected chi connectivity index (χ1v) is 6.21. The van der Waals surface area contributed by atoms with Gasteiger partial charge < -0.3 is 10.4 Å². The van der Waals surface area contributed by atoms with Crippen molar-refractivity contribution in [3.05, 3.63) is 34.3 Å². The monoisotopic (exact) mass is 269 g/mol. The Bertz CT molecular complexity index is 306. The van der Waals surface area contributed by atoms with Gasteiger partial charge in [0.15, 0.2) is 0 Å². The zero-order chi connectivity index (χ0) is 10.7. The third kappa shape index (κ3) is 2.80. The van der Waals surface area contributed by atoms with Crippen molar-refractivity contribution in [2.24, 2.45) is 5.92 Å². The number of nitrogens with one attached hydrogen (secondary N) is 1. The number of benzene rings is 1. The molecule has 2 atom stereocenters. The van der Waals surface area contributed by atoms with Gasteiger partial charge in [0, 0.05) is 16.9 Å². The number of piperidine rings is 1. The zero-order valence-electron chi connectivity index (χ0n) is 8.62. The molecule has 1 aromatic rings. The van der Waals surface area contributed by atoms with E-state index in [9.17, 15) is 5.11 Å². The van der Waals surface area contributed by atoms with Gasteiger partial charge in [-0.15, -0.1) is 0 Å². The standard InChI is InChI=1S/C12H16BrNO/c13-11-5-3-9(4-6-11)12(15)10-2-1-7-14-8-10/h3-6,10,12,14-15H,1-2,7-8H2. The van der Waals surface area contributed by atoms with Crippen LogP contribution in [0, 0.1) is 5.92 Å². The molecule has 82 valence electrons. The summed E-state index contributed by atoms with van der Waals surface area (Å²) in [7, 11) is 0. The maximum atomic E-state index is 10.2. The van der Waals surface area contributed by atoms with Gasteiger partial charge >= 0.3 is 0 Å². The Hall–Kier alpha value is -0.380. The normalized spacial score (nSPS) is 23.7. The van der Waals surface area contributed by atoms with Crippen molar-refractivity contribution in [2.45, 2.75) is 18.9 Å². The molecule has 1 heterocycles. The number of hydrogen-bond donors (Lipinski definition) is 2. The topological polar surface area (TPSA) is 32.3 Å². The highest BCUT2D eigenvalue weighted by Gasteiger charge is 2.22. The Morgan fingerprint density at radius 2 is 2.07 bits per heavy atom. The molecule has 2 unspecified atom stereocenters. The molecule has 2 nitrogen and oxygen atoms in total. The summed E-state index contributed by atoms with van der Waals surface area (Å²) in [5.41, 5.74) is 1.02. The molecule has 2 rings (SSSR count). The van der Waals surface area contributed by atoms with Gasteiger partial charge in [-0.1, -0.05) is 28.1 Å². The molecular weight excluding hydrogens is 254 g/mol. The van der Waals surface area contributed by atoms with Crippen LogP contribution in [0.2, 0.25) is 0 Å². The molecule has 1 saturated heterocycles. The van der Waals surface area contributed by atoms with Gasteiger partial charge in [0.2, 0.25) is 0 Å². The summed E-state index contributed by atoms with van der Waals surface area (Å²) in [4.78, 5) is 0. The van der Waals surface area contributed by atoms with Gasteiger partial charge in [0.1, 0.15) is 0 Å². The van der Waals surface area contributed by atoms with Crippen molar-refractivity contribution in [1.82, 2.24) is 5.32 Å². The van der Waals surface area contributed by atoms with E-state index in [0.29, 0.717) is 5.92 Å². The third-order valence-corrected chi connectivity index (χ3v) is 3.52. The van der Waals surface area contributed by atoms with Crippen LogP contribution in [0.4, 0.5) is 0 Å². The number of hydrogen-bond acceptors (Lipinski definition) is 2. The lowest BCUT2D eigenvalue weighted by Crippen LogP contribution is -2.33. The van der Waals surface area contributed by atoms with Gasteiger partial charge in [-0.3, -0.25) is 0 Å². The minimum atomic E-state index is -0.328. The maximum Gasteiger partial charge on any atom is 0.0830 e. The van der Waals surface area contributed by atoms with Gasteiger partial charge in [-0.25, -0.2) is 0 Å². The highest BCUT2D eigenvalue weighted by Crippen LogP contribution is 2.27. The first kappa shape index (κ1) is 11.1. The van der Waals surface area contributed by atoms with Crippen LogP contribution in [-0.2, 0) is 0 Å². The van der Waals surface area contributed by atoms with Crippen LogP contribution < -0.4 is 5.32 Å². The molecule has 1 fully saturated rings. The Morgan fingerprint density at radius 1 is 1.33 bits per heavy atom. The Morgan fingerprint density at radius 3 is 2.67 bits per heavy atom. The lowest BCUT2D eigenvalue weighted by molar-refractivity contribution is 0.0921. The SMILES string of the molecule is OC(c1ccc(Br)cc1)C1CCCNC1. The van der Waals surface area contributed by atoms with Crippen LogP contribution >= 0.6 is 15.9 Å². The summed E-state index contributed by atoms with van der Waals surface area (Å²) in [6.45, 7) is 2.01. The minimum Gasteiger partial charge on any atom is -0.388 e. The van der Waals surface area contributed by atoms with Crippen LogP contribution in [0.5, 0.6) is 0 Å². The van der Waals surface area contributed by atoms with E-state index in [1.807, 2.05) is 24.3 Å². The van der Waals surface area contributed by atoms with Gasteiger partial charge in [-0.05, 0) is 37.1 Å². The largest absolute Gasteiger partial charge is 0.388 e. The Kier molecular flexibility index (Phi) is 3.78. The van der Waals surface area contributed by atoms with Crippen molar-refractivity contribution in [2.75, 3.05) is 13.1 Å². The second kappa shape index (κ2) is 5.10. The third-order valence-electron chi connectivity index (χ3n) is 2.99. The van der Waals surface area contributed by atoms with E-state index in [1.165, 1.54) is 0 Å². The van der Waals surface area contributed by atoms with E-state index in [-0.39, 0.29) is 6.10 Å². The number of aliphatic hydroxyl groups excluding tert-OH is 1. The van der Waals surface area contributed by atoms with Crippen LogP contribution in [-0.4, -0.2) is 18.2 Å². The molecule has 2 N–H and O–H groups in total. The Labute approximate surface area is 98.8 Å².